The molecular weight excluding hydrogens is 274 g/mol. The molecule has 130 valence electrons. The number of hydrogen-bond acceptors (Lipinski definition) is 2. The largest absolute Gasteiger partial charge is 0.381 e. The van der Waals surface area contributed by atoms with Gasteiger partial charge < -0.3 is 10.1 Å². The zero-order valence-corrected chi connectivity index (χ0v) is 15.2. The molecule has 1 N–H and O–H groups in total. The van der Waals surface area contributed by atoms with Crippen LogP contribution in [-0.4, -0.2) is 25.7 Å². The van der Waals surface area contributed by atoms with Crippen molar-refractivity contribution in [2.75, 3.05) is 13.7 Å². The maximum absolute atomic E-state index is 11.6. The molecule has 0 heterocycles. The monoisotopic (exact) mass is 311 g/mol. The van der Waals surface area contributed by atoms with Crippen molar-refractivity contribution < 1.29 is 9.53 Å². The van der Waals surface area contributed by atoms with Crippen molar-refractivity contribution in [3.63, 3.8) is 0 Å². The van der Waals surface area contributed by atoms with Crippen molar-refractivity contribution >= 4 is 5.91 Å². The number of rotatable bonds is 14. The van der Waals surface area contributed by atoms with Crippen molar-refractivity contribution in [1.82, 2.24) is 5.32 Å². The Morgan fingerprint density at radius 1 is 1.14 bits per heavy atom. The van der Waals surface area contributed by atoms with Crippen LogP contribution in [0.15, 0.2) is 12.2 Å². The third kappa shape index (κ3) is 14.1. The number of hydrogen-bond donors (Lipinski definition) is 1. The Bertz CT molecular complexity index is 287. The van der Waals surface area contributed by atoms with Crippen LogP contribution in [-0.2, 0) is 9.53 Å². The number of unbranched alkanes of at least 4 members (excludes halogenated alkanes) is 4. The first-order valence-electron chi connectivity index (χ1n) is 9.04. The summed E-state index contributed by atoms with van der Waals surface area (Å²) in [5.74, 6) is 0.664. The highest BCUT2D eigenvalue weighted by Crippen LogP contribution is 2.12. The van der Waals surface area contributed by atoms with Gasteiger partial charge in [-0.1, -0.05) is 65.0 Å². The Hall–Kier alpha value is -0.830. The molecule has 0 bridgehead atoms. The van der Waals surface area contributed by atoms with Crippen LogP contribution in [0.1, 0.15) is 78.6 Å². The van der Waals surface area contributed by atoms with E-state index in [9.17, 15) is 4.79 Å². The van der Waals surface area contributed by atoms with Gasteiger partial charge in [-0.2, -0.15) is 0 Å². The van der Waals surface area contributed by atoms with Gasteiger partial charge in [0, 0.05) is 20.1 Å². The molecule has 1 amide bonds. The first kappa shape index (κ1) is 21.2. The van der Waals surface area contributed by atoms with Crippen molar-refractivity contribution in [3.8, 4) is 0 Å². The summed E-state index contributed by atoms with van der Waals surface area (Å²) in [7, 11) is 1.80. The lowest BCUT2D eigenvalue weighted by atomic mass is 10.1. The van der Waals surface area contributed by atoms with Crippen LogP contribution in [0.5, 0.6) is 0 Å². The van der Waals surface area contributed by atoms with E-state index in [0.29, 0.717) is 18.4 Å². The number of carbonyl (C=O) groups excluding carboxylic acids is 1. The van der Waals surface area contributed by atoms with E-state index in [0.717, 1.165) is 25.8 Å². The second-order valence-corrected chi connectivity index (χ2v) is 6.50. The molecule has 0 aliphatic rings. The average molecular weight is 312 g/mol. The predicted molar refractivity (Wildman–Crippen MR) is 95.0 cm³/mol. The molecule has 0 saturated heterocycles. The molecule has 22 heavy (non-hydrogen) atoms. The van der Waals surface area contributed by atoms with Crippen LogP contribution < -0.4 is 5.32 Å². The second kappa shape index (κ2) is 15.1. The van der Waals surface area contributed by atoms with Crippen molar-refractivity contribution in [2.24, 2.45) is 5.92 Å². The van der Waals surface area contributed by atoms with Crippen molar-refractivity contribution in [2.45, 2.75) is 84.7 Å². The topological polar surface area (TPSA) is 38.3 Å². The minimum absolute atomic E-state index is 0.151. The zero-order valence-electron chi connectivity index (χ0n) is 15.2. The van der Waals surface area contributed by atoms with Gasteiger partial charge in [-0.15, -0.1) is 0 Å². The molecule has 0 fully saturated rings. The van der Waals surface area contributed by atoms with E-state index in [1.54, 1.807) is 7.11 Å². The van der Waals surface area contributed by atoms with Gasteiger partial charge in [0.25, 0.3) is 0 Å². The quantitative estimate of drug-likeness (QED) is 0.367. The summed E-state index contributed by atoms with van der Waals surface area (Å²) in [4.78, 5) is 11.6. The Kier molecular flexibility index (Phi) is 14.5. The Balaban J connectivity index is 3.64. The number of methoxy groups -OCH3 is 1. The molecule has 0 aromatic carbocycles. The highest BCUT2D eigenvalue weighted by Gasteiger charge is 2.05. The van der Waals surface area contributed by atoms with Gasteiger partial charge in [-0.25, -0.2) is 0 Å². The van der Waals surface area contributed by atoms with Gasteiger partial charge in [0.1, 0.15) is 0 Å². The van der Waals surface area contributed by atoms with Crippen LogP contribution in [0.3, 0.4) is 0 Å². The van der Waals surface area contributed by atoms with Crippen molar-refractivity contribution in [3.05, 3.63) is 12.2 Å². The first-order chi connectivity index (χ1) is 10.6. The van der Waals surface area contributed by atoms with E-state index in [4.69, 9.17) is 4.74 Å². The van der Waals surface area contributed by atoms with E-state index in [1.807, 2.05) is 0 Å². The fourth-order valence-corrected chi connectivity index (χ4v) is 2.29. The normalized spacial score (nSPS) is 13.0. The number of allylic oxidation sites excluding steroid dienone is 1. The molecule has 0 radical (unpaired) electrons. The van der Waals surface area contributed by atoms with E-state index in [2.05, 4.69) is 38.2 Å². The molecule has 0 aliphatic carbocycles. The molecular formula is C19H37NO2. The van der Waals surface area contributed by atoms with Gasteiger partial charge >= 0.3 is 0 Å². The van der Waals surface area contributed by atoms with Gasteiger partial charge in [0.15, 0.2) is 0 Å². The molecule has 0 unspecified atom stereocenters. The summed E-state index contributed by atoms with van der Waals surface area (Å²) in [5, 5.41) is 2.94. The van der Waals surface area contributed by atoms with Gasteiger partial charge in [0.05, 0.1) is 6.10 Å². The van der Waals surface area contributed by atoms with Crippen LogP contribution in [0.25, 0.3) is 0 Å². The fraction of sp³-hybridized carbons (Fsp3) is 0.842. The minimum atomic E-state index is 0.151. The van der Waals surface area contributed by atoms with Crippen LogP contribution in [0.2, 0.25) is 0 Å². The standard InChI is InChI=1S/C19H37NO2/c1-5-6-7-8-10-13-18(22-4)14-11-9-12-15-19(21)20-16-17(2)3/h9,11,17-18H,5-8,10,12-16H2,1-4H3,(H,20,21)/b11-9+/t18-/m1/s1. The third-order valence-corrected chi connectivity index (χ3v) is 3.77. The Morgan fingerprint density at radius 3 is 2.50 bits per heavy atom. The summed E-state index contributed by atoms with van der Waals surface area (Å²) >= 11 is 0. The highest BCUT2D eigenvalue weighted by atomic mass is 16.5. The van der Waals surface area contributed by atoms with Crippen LogP contribution in [0, 0.1) is 5.92 Å². The zero-order chi connectivity index (χ0) is 16.6. The lowest BCUT2D eigenvalue weighted by molar-refractivity contribution is -0.121. The minimum Gasteiger partial charge on any atom is -0.381 e. The van der Waals surface area contributed by atoms with E-state index >= 15 is 0 Å². The second-order valence-electron chi connectivity index (χ2n) is 6.50. The highest BCUT2D eigenvalue weighted by molar-refractivity contribution is 5.75. The summed E-state index contributed by atoms with van der Waals surface area (Å²) < 4.78 is 5.52. The Morgan fingerprint density at radius 2 is 1.86 bits per heavy atom. The van der Waals surface area contributed by atoms with Gasteiger partial charge in [-0.3, -0.25) is 4.79 Å². The van der Waals surface area contributed by atoms with Crippen LogP contribution >= 0.6 is 0 Å². The maximum Gasteiger partial charge on any atom is 0.220 e. The summed E-state index contributed by atoms with van der Waals surface area (Å²) in [6, 6.07) is 0. The molecule has 0 aromatic heterocycles. The summed E-state index contributed by atoms with van der Waals surface area (Å²) in [5.41, 5.74) is 0. The van der Waals surface area contributed by atoms with Gasteiger partial charge in [0.2, 0.25) is 5.91 Å². The van der Waals surface area contributed by atoms with E-state index in [-0.39, 0.29) is 5.91 Å². The third-order valence-electron chi connectivity index (χ3n) is 3.77. The number of ether oxygens (including phenoxy) is 1. The molecule has 0 aliphatic heterocycles. The lowest BCUT2D eigenvalue weighted by Crippen LogP contribution is -2.26. The SMILES string of the molecule is CCCCCCC[C@H](C/C=C/CCC(=O)NCC(C)C)OC. The molecule has 0 rings (SSSR count). The maximum atomic E-state index is 11.6. The number of carbonyl (C=O) groups is 1. The van der Waals surface area contributed by atoms with Gasteiger partial charge in [-0.05, 0) is 25.2 Å². The summed E-state index contributed by atoms with van der Waals surface area (Å²) in [6.45, 7) is 7.22. The van der Waals surface area contributed by atoms with E-state index in [1.165, 1.54) is 32.1 Å². The summed E-state index contributed by atoms with van der Waals surface area (Å²) in [6.07, 6.45) is 14.6. The lowest BCUT2D eigenvalue weighted by Gasteiger charge is -2.12. The molecule has 0 aromatic rings. The molecule has 1 atom stereocenters. The molecule has 0 spiro atoms. The van der Waals surface area contributed by atoms with E-state index < -0.39 is 0 Å². The number of nitrogens with one attached hydrogen (secondary N) is 1. The van der Waals surface area contributed by atoms with Crippen molar-refractivity contribution in [1.29, 1.82) is 0 Å². The average Bonchev–Trinajstić information content (AvgIpc) is 2.50. The van der Waals surface area contributed by atoms with Crippen LogP contribution in [0.4, 0.5) is 0 Å². The number of amides is 1. The molecule has 3 nitrogen and oxygen atoms in total. The fourth-order valence-electron chi connectivity index (χ4n) is 2.29. The first-order valence-corrected chi connectivity index (χ1v) is 9.04. The molecule has 0 saturated carbocycles. The predicted octanol–water partition coefficient (Wildman–Crippen LogP) is 4.86. The smallest absolute Gasteiger partial charge is 0.220 e. The molecule has 3 heteroatoms. The Labute approximate surface area is 137 Å².